The predicted octanol–water partition coefficient (Wildman–Crippen LogP) is 4.43. The number of rotatable bonds is 8. The molecule has 1 aromatic carbocycles. The third-order valence-corrected chi connectivity index (χ3v) is 4.60. The summed E-state index contributed by atoms with van der Waals surface area (Å²) >= 11 is 0. The van der Waals surface area contributed by atoms with Crippen LogP contribution in [0.2, 0.25) is 0 Å². The maximum absolute atomic E-state index is 12.7. The topological polar surface area (TPSA) is 76.2 Å². The molecule has 0 atom stereocenters. The highest BCUT2D eigenvalue weighted by Crippen LogP contribution is 2.32. The smallest absolute Gasteiger partial charge is 0.270 e. The van der Waals surface area contributed by atoms with Crippen molar-refractivity contribution < 1.29 is 14.3 Å². The molecule has 0 bridgehead atoms. The van der Waals surface area contributed by atoms with Crippen LogP contribution >= 0.6 is 0 Å². The van der Waals surface area contributed by atoms with Crippen LogP contribution in [0.4, 0.5) is 0 Å². The van der Waals surface area contributed by atoms with E-state index in [9.17, 15) is 4.79 Å². The van der Waals surface area contributed by atoms with E-state index in [1.165, 1.54) is 0 Å². The minimum atomic E-state index is -0.192. The number of benzene rings is 1. The molecule has 3 aromatic rings. The lowest BCUT2D eigenvalue weighted by molar-refractivity contribution is 0.0933. The maximum Gasteiger partial charge on any atom is 0.270 e. The number of carbonyl (C=O) groups is 1. The number of nitrogens with zero attached hydrogens (tertiary/aromatic N) is 1. The van der Waals surface area contributed by atoms with E-state index in [2.05, 4.69) is 29.1 Å². The van der Waals surface area contributed by atoms with Crippen molar-refractivity contribution in [3.8, 4) is 5.75 Å². The average Bonchev–Trinajstić information content (AvgIpc) is 2.99. The highest BCUT2D eigenvalue weighted by atomic mass is 16.5. The molecule has 0 saturated heterocycles. The van der Waals surface area contributed by atoms with E-state index >= 15 is 0 Å². The number of hydrogen-bond donors (Lipinski definition) is 2. The molecule has 0 aliphatic carbocycles. The summed E-state index contributed by atoms with van der Waals surface area (Å²) in [4.78, 5) is 20.5. The van der Waals surface area contributed by atoms with Gasteiger partial charge in [0.2, 0.25) is 0 Å². The molecular weight excluding hydrogens is 354 g/mol. The van der Waals surface area contributed by atoms with Crippen molar-refractivity contribution >= 4 is 27.7 Å². The number of hydrogen-bond acceptors (Lipinski definition) is 4. The fourth-order valence-electron chi connectivity index (χ4n) is 3.25. The van der Waals surface area contributed by atoms with E-state index in [0.717, 1.165) is 39.5 Å². The first-order valence-electron chi connectivity index (χ1n) is 9.76. The fraction of sp³-hybridized carbons (Fsp3) is 0.455. The molecule has 6 heteroatoms. The second-order valence-electron chi connectivity index (χ2n) is 7.80. The summed E-state index contributed by atoms with van der Waals surface area (Å²) < 4.78 is 11.3. The second-order valence-corrected chi connectivity index (χ2v) is 7.80. The zero-order chi connectivity index (χ0) is 20.3. The number of H-pyrrole nitrogens is 1. The first-order valence-corrected chi connectivity index (χ1v) is 9.76. The lowest BCUT2D eigenvalue weighted by Crippen LogP contribution is -2.31. The van der Waals surface area contributed by atoms with Crippen LogP contribution in [0.15, 0.2) is 24.4 Å². The minimum absolute atomic E-state index is 0.0318. The molecule has 0 radical (unpaired) electrons. The third-order valence-electron chi connectivity index (χ3n) is 4.60. The standard InChI is InChI=1S/C22H29N3O3/c1-13(2)8-9-28-15-6-7-18-16(10-15)20-17(12-27-5)21(22(26)24-14(3)4)23-11-19(20)25-18/h6-7,10-11,13-14,25H,8-9,12H2,1-5H3,(H,24,26). The molecule has 0 spiro atoms. The molecule has 2 N–H and O–H groups in total. The number of aromatic nitrogens is 2. The highest BCUT2D eigenvalue weighted by molar-refractivity contribution is 6.11. The Labute approximate surface area is 165 Å². The largest absolute Gasteiger partial charge is 0.494 e. The van der Waals surface area contributed by atoms with Crippen molar-refractivity contribution in [2.75, 3.05) is 13.7 Å². The van der Waals surface area contributed by atoms with Crippen molar-refractivity contribution in [2.24, 2.45) is 5.92 Å². The Bertz CT molecular complexity index is 976. The molecule has 2 heterocycles. The summed E-state index contributed by atoms with van der Waals surface area (Å²) in [5, 5.41) is 4.88. The van der Waals surface area contributed by atoms with Gasteiger partial charge in [-0.2, -0.15) is 0 Å². The molecule has 0 aliphatic rings. The van der Waals surface area contributed by atoms with Gasteiger partial charge in [0, 0.05) is 35.0 Å². The molecule has 28 heavy (non-hydrogen) atoms. The zero-order valence-corrected chi connectivity index (χ0v) is 17.3. The summed E-state index contributed by atoms with van der Waals surface area (Å²) in [5.41, 5.74) is 3.04. The quantitative estimate of drug-likeness (QED) is 0.603. The van der Waals surface area contributed by atoms with Crippen LogP contribution in [-0.2, 0) is 11.3 Å². The van der Waals surface area contributed by atoms with E-state index in [1.807, 2.05) is 32.0 Å². The maximum atomic E-state index is 12.7. The average molecular weight is 383 g/mol. The number of nitrogens with one attached hydrogen (secondary N) is 2. The van der Waals surface area contributed by atoms with Gasteiger partial charge >= 0.3 is 0 Å². The molecule has 1 amide bonds. The van der Waals surface area contributed by atoms with Gasteiger partial charge in [-0.25, -0.2) is 4.98 Å². The first kappa shape index (κ1) is 20.1. The van der Waals surface area contributed by atoms with Gasteiger partial charge < -0.3 is 19.8 Å². The molecule has 6 nitrogen and oxygen atoms in total. The van der Waals surface area contributed by atoms with Gasteiger partial charge in [0.15, 0.2) is 0 Å². The first-order chi connectivity index (χ1) is 13.4. The minimum Gasteiger partial charge on any atom is -0.494 e. The molecule has 0 fully saturated rings. The van der Waals surface area contributed by atoms with Crippen LogP contribution in [-0.4, -0.2) is 35.6 Å². The summed E-state index contributed by atoms with van der Waals surface area (Å²) in [6, 6.07) is 6.03. The number of pyridine rings is 1. The van der Waals surface area contributed by atoms with Crippen LogP contribution in [0.3, 0.4) is 0 Å². The van der Waals surface area contributed by atoms with Crippen LogP contribution < -0.4 is 10.1 Å². The van der Waals surface area contributed by atoms with Gasteiger partial charge in [0.1, 0.15) is 11.4 Å². The summed E-state index contributed by atoms with van der Waals surface area (Å²) in [7, 11) is 1.62. The zero-order valence-electron chi connectivity index (χ0n) is 17.3. The van der Waals surface area contributed by atoms with E-state index in [0.29, 0.717) is 24.8 Å². The van der Waals surface area contributed by atoms with Crippen LogP contribution in [0.25, 0.3) is 21.8 Å². The number of ether oxygens (including phenoxy) is 2. The van der Waals surface area contributed by atoms with Crippen LogP contribution in [0.1, 0.15) is 50.2 Å². The fourth-order valence-corrected chi connectivity index (χ4v) is 3.25. The molecular formula is C22H29N3O3. The predicted molar refractivity (Wildman–Crippen MR) is 112 cm³/mol. The summed E-state index contributed by atoms with van der Waals surface area (Å²) in [6.07, 6.45) is 2.72. The van der Waals surface area contributed by atoms with Crippen molar-refractivity contribution in [3.63, 3.8) is 0 Å². The second kappa shape index (κ2) is 8.61. The molecule has 150 valence electrons. The lowest BCUT2D eigenvalue weighted by atomic mass is 10.0. The Morgan fingerprint density at radius 1 is 1.21 bits per heavy atom. The SMILES string of the molecule is COCc1c(C(=O)NC(C)C)ncc2[nH]c3ccc(OCCC(C)C)cc3c12. The number of amides is 1. The Kier molecular flexibility index (Phi) is 6.19. The number of fused-ring (bicyclic) bond motifs is 3. The van der Waals surface area contributed by atoms with Gasteiger partial charge in [-0.3, -0.25) is 4.79 Å². The van der Waals surface area contributed by atoms with Gasteiger partial charge in [0.25, 0.3) is 5.91 Å². The molecule has 2 aromatic heterocycles. The van der Waals surface area contributed by atoms with Crippen molar-refractivity contribution in [1.82, 2.24) is 15.3 Å². The van der Waals surface area contributed by atoms with Crippen molar-refractivity contribution in [3.05, 3.63) is 35.7 Å². The monoisotopic (exact) mass is 383 g/mol. The molecule has 0 saturated carbocycles. The molecule has 0 aliphatic heterocycles. The van der Waals surface area contributed by atoms with E-state index in [4.69, 9.17) is 9.47 Å². The summed E-state index contributed by atoms with van der Waals surface area (Å²) in [6.45, 7) is 9.20. The lowest BCUT2D eigenvalue weighted by Gasteiger charge is -2.12. The normalized spacial score (nSPS) is 11.7. The van der Waals surface area contributed by atoms with Gasteiger partial charge in [-0.15, -0.1) is 0 Å². The molecule has 0 unspecified atom stereocenters. The van der Waals surface area contributed by atoms with Crippen LogP contribution in [0.5, 0.6) is 5.75 Å². The van der Waals surface area contributed by atoms with Crippen molar-refractivity contribution in [1.29, 1.82) is 0 Å². The Morgan fingerprint density at radius 2 is 2.00 bits per heavy atom. The number of carbonyl (C=O) groups excluding carboxylic acids is 1. The Hall–Kier alpha value is -2.60. The highest BCUT2D eigenvalue weighted by Gasteiger charge is 2.20. The van der Waals surface area contributed by atoms with Gasteiger partial charge in [-0.1, -0.05) is 13.8 Å². The van der Waals surface area contributed by atoms with E-state index < -0.39 is 0 Å². The Morgan fingerprint density at radius 3 is 2.68 bits per heavy atom. The summed E-state index contributed by atoms with van der Waals surface area (Å²) in [5.74, 6) is 1.23. The van der Waals surface area contributed by atoms with E-state index in [-0.39, 0.29) is 11.9 Å². The van der Waals surface area contributed by atoms with E-state index in [1.54, 1.807) is 13.3 Å². The van der Waals surface area contributed by atoms with Gasteiger partial charge in [0.05, 0.1) is 24.9 Å². The van der Waals surface area contributed by atoms with Gasteiger partial charge in [-0.05, 0) is 44.4 Å². The van der Waals surface area contributed by atoms with Crippen LogP contribution in [0, 0.1) is 5.92 Å². The number of aromatic amines is 1. The number of methoxy groups -OCH3 is 1. The van der Waals surface area contributed by atoms with Crippen molar-refractivity contribution in [2.45, 2.75) is 46.8 Å². The molecule has 3 rings (SSSR count). The third kappa shape index (κ3) is 4.28. The Balaban J connectivity index is 2.09.